The molecule has 0 aliphatic carbocycles. The molecule has 100 valence electrons. The topological polar surface area (TPSA) is 38.7 Å². The second-order valence-electron chi connectivity index (χ2n) is 5.00. The minimum atomic E-state index is 0.245. The standard InChI is InChI=1S/C16H14ClN3/c1-10(2)16-19-14(9-15(17)20-16)12-5-6-13-11(8-12)4-3-7-18-13/h3-10H,1-2H3. The van der Waals surface area contributed by atoms with Crippen LogP contribution in [-0.2, 0) is 0 Å². The molecule has 2 heterocycles. The number of rotatable bonds is 2. The van der Waals surface area contributed by atoms with Gasteiger partial charge in [0.2, 0.25) is 0 Å². The summed E-state index contributed by atoms with van der Waals surface area (Å²) in [4.78, 5) is 13.2. The van der Waals surface area contributed by atoms with Crippen LogP contribution in [-0.4, -0.2) is 15.0 Å². The van der Waals surface area contributed by atoms with E-state index in [1.807, 2.05) is 24.3 Å². The van der Waals surface area contributed by atoms with Gasteiger partial charge in [-0.3, -0.25) is 4.98 Å². The average molecular weight is 284 g/mol. The summed E-state index contributed by atoms with van der Waals surface area (Å²) < 4.78 is 0. The fraction of sp³-hybridized carbons (Fsp3) is 0.188. The van der Waals surface area contributed by atoms with Crippen molar-refractivity contribution in [2.45, 2.75) is 19.8 Å². The molecule has 0 fully saturated rings. The van der Waals surface area contributed by atoms with Gasteiger partial charge in [0.05, 0.1) is 11.2 Å². The molecule has 20 heavy (non-hydrogen) atoms. The highest BCUT2D eigenvalue weighted by Gasteiger charge is 2.09. The highest BCUT2D eigenvalue weighted by Crippen LogP contribution is 2.25. The van der Waals surface area contributed by atoms with E-state index in [0.717, 1.165) is 28.0 Å². The molecule has 0 aliphatic heterocycles. The Morgan fingerprint density at radius 1 is 1.05 bits per heavy atom. The first-order chi connectivity index (χ1) is 9.63. The van der Waals surface area contributed by atoms with E-state index in [2.05, 4.69) is 34.9 Å². The Kier molecular flexibility index (Phi) is 3.36. The van der Waals surface area contributed by atoms with Gasteiger partial charge in [-0.2, -0.15) is 0 Å². The molecule has 4 heteroatoms. The molecule has 3 rings (SSSR count). The minimum absolute atomic E-state index is 0.245. The van der Waals surface area contributed by atoms with Gasteiger partial charge in [-0.25, -0.2) is 9.97 Å². The summed E-state index contributed by atoms with van der Waals surface area (Å²) in [5, 5.41) is 1.57. The maximum atomic E-state index is 6.10. The third kappa shape index (κ3) is 2.49. The molecule has 0 N–H and O–H groups in total. The lowest BCUT2D eigenvalue weighted by Gasteiger charge is -2.08. The molecule has 0 spiro atoms. The van der Waals surface area contributed by atoms with E-state index in [4.69, 9.17) is 11.6 Å². The van der Waals surface area contributed by atoms with Crippen LogP contribution in [0.1, 0.15) is 25.6 Å². The van der Waals surface area contributed by atoms with Crippen molar-refractivity contribution in [2.24, 2.45) is 0 Å². The minimum Gasteiger partial charge on any atom is -0.256 e. The Hall–Kier alpha value is -2.00. The maximum Gasteiger partial charge on any atom is 0.133 e. The number of hydrogen-bond acceptors (Lipinski definition) is 3. The molecular formula is C16H14ClN3. The van der Waals surface area contributed by atoms with Crippen molar-refractivity contribution in [1.29, 1.82) is 0 Å². The molecule has 3 nitrogen and oxygen atoms in total. The van der Waals surface area contributed by atoms with Gasteiger partial charge in [-0.1, -0.05) is 37.6 Å². The summed E-state index contributed by atoms with van der Waals surface area (Å²) in [5.41, 5.74) is 2.84. The third-order valence-electron chi connectivity index (χ3n) is 3.13. The van der Waals surface area contributed by atoms with Crippen LogP contribution in [0.25, 0.3) is 22.2 Å². The first-order valence-corrected chi connectivity index (χ1v) is 6.91. The quantitative estimate of drug-likeness (QED) is 0.651. The zero-order valence-electron chi connectivity index (χ0n) is 11.3. The fourth-order valence-electron chi connectivity index (χ4n) is 2.08. The highest BCUT2D eigenvalue weighted by atomic mass is 35.5. The highest BCUT2D eigenvalue weighted by molar-refractivity contribution is 6.29. The summed E-state index contributed by atoms with van der Waals surface area (Å²) in [6.45, 7) is 4.11. The molecule has 0 saturated carbocycles. The van der Waals surface area contributed by atoms with Crippen LogP contribution < -0.4 is 0 Å². The van der Waals surface area contributed by atoms with E-state index in [-0.39, 0.29) is 5.92 Å². The monoisotopic (exact) mass is 283 g/mol. The van der Waals surface area contributed by atoms with E-state index < -0.39 is 0 Å². The number of fused-ring (bicyclic) bond motifs is 1. The summed E-state index contributed by atoms with van der Waals surface area (Å²) >= 11 is 6.10. The normalized spacial score (nSPS) is 11.2. The first kappa shape index (κ1) is 13.0. The van der Waals surface area contributed by atoms with Gasteiger partial charge >= 0.3 is 0 Å². The van der Waals surface area contributed by atoms with Gasteiger partial charge in [-0.15, -0.1) is 0 Å². The van der Waals surface area contributed by atoms with E-state index in [1.54, 1.807) is 12.3 Å². The smallest absolute Gasteiger partial charge is 0.133 e. The van der Waals surface area contributed by atoms with Crippen LogP contribution in [0.15, 0.2) is 42.6 Å². The number of benzene rings is 1. The van der Waals surface area contributed by atoms with Crippen LogP contribution in [0.4, 0.5) is 0 Å². The van der Waals surface area contributed by atoms with Crippen molar-refractivity contribution < 1.29 is 0 Å². The third-order valence-corrected chi connectivity index (χ3v) is 3.32. The van der Waals surface area contributed by atoms with E-state index >= 15 is 0 Å². The van der Waals surface area contributed by atoms with Gasteiger partial charge in [0.1, 0.15) is 11.0 Å². The van der Waals surface area contributed by atoms with Crippen molar-refractivity contribution >= 4 is 22.5 Å². The summed E-state index contributed by atoms with van der Waals surface area (Å²) in [6, 6.07) is 11.8. The number of pyridine rings is 1. The Labute approximate surface area is 122 Å². The number of aromatic nitrogens is 3. The van der Waals surface area contributed by atoms with Crippen LogP contribution in [0.2, 0.25) is 5.15 Å². The van der Waals surface area contributed by atoms with Gasteiger partial charge in [0.15, 0.2) is 0 Å². The number of nitrogens with zero attached hydrogens (tertiary/aromatic N) is 3. The zero-order chi connectivity index (χ0) is 14.1. The lowest BCUT2D eigenvalue weighted by atomic mass is 10.1. The van der Waals surface area contributed by atoms with Crippen molar-refractivity contribution in [3.8, 4) is 11.3 Å². The van der Waals surface area contributed by atoms with Crippen molar-refractivity contribution in [2.75, 3.05) is 0 Å². The average Bonchev–Trinajstić information content (AvgIpc) is 2.46. The molecule has 2 aromatic heterocycles. The molecule has 0 unspecified atom stereocenters. The summed E-state index contributed by atoms with van der Waals surface area (Å²) in [6.07, 6.45) is 1.79. The second kappa shape index (κ2) is 5.17. The van der Waals surface area contributed by atoms with Crippen molar-refractivity contribution in [3.05, 3.63) is 53.6 Å². The molecule has 0 aliphatic rings. The fourth-order valence-corrected chi connectivity index (χ4v) is 2.27. The van der Waals surface area contributed by atoms with E-state index in [0.29, 0.717) is 5.15 Å². The summed E-state index contributed by atoms with van der Waals surface area (Å²) in [5.74, 6) is 1.01. The molecule has 1 aromatic carbocycles. The Bertz CT molecular complexity index is 769. The van der Waals surface area contributed by atoms with Crippen molar-refractivity contribution in [3.63, 3.8) is 0 Å². The van der Waals surface area contributed by atoms with Crippen LogP contribution in [0.3, 0.4) is 0 Å². The van der Waals surface area contributed by atoms with E-state index in [9.17, 15) is 0 Å². The molecule has 0 bridgehead atoms. The molecule has 0 atom stereocenters. The van der Waals surface area contributed by atoms with E-state index in [1.165, 1.54) is 0 Å². The van der Waals surface area contributed by atoms with Crippen LogP contribution >= 0.6 is 11.6 Å². The Balaban J connectivity index is 2.15. The molecule has 0 radical (unpaired) electrons. The van der Waals surface area contributed by atoms with Gasteiger partial charge in [-0.05, 0) is 18.2 Å². The Morgan fingerprint density at radius 3 is 2.70 bits per heavy atom. The predicted octanol–water partition coefficient (Wildman–Crippen LogP) is 4.47. The van der Waals surface area contributed by atoms with Gasteiger partial charge in [0.25, 0.3) is 0 Å². The SMILES string of the molecule is CC(C)c1nc(Cl)cc(-c2ccc3ncccc3c2)n1. The summed E-state index contributed by atoms with van der Waals surface area (Å²) in [7, 11) is 0. The maximum absolute atomic E-state index is 6.10. The Morgan fingerprint density at radius 2 is 1.90 bits per heavy atom. The van der Waals surface area contributed by atoms with Crippen LogP contribution in [0, 0.1) is 0 Å². The molecule has 3 aromatic rings. The largest absolute Gasteiger partial charge is 0.256 e. The number of halogens is 1. The molecule has 0 saturated heterocycles. The molecule has 0 amide bonds. The van der Waals surface area contributed by atoms with Crippen LogP contribution in [0.5, 0.6) is 0 Å². The predicted molar refractivity (Wildman–Crippen MR) is 81.9 cm³/mol. The van der Waals surface area contributed by atoms with Crippen molar-refractivity contribution in [1.82, 2.24) is 15.0 Å². The lowest BCUT2D eigenvalue weighted by molar-refractivity contribution is 0.776. The van der Waals surface area contributed by atoms with Gasteiger partial charge in [0, 0.05) is 29.1 Å². The first-order valence-electron chi connectivity index (χ1n) is 6.53. The molecular weight excluding hydrogens is 270 g/mol. The lowest BCUT2D eigenvalue weighted by Crippen LogP contribution is -1.99. The van der Waals surface area contributed by atoms with Gasteiger partial charge < -0.3 is 0 Å². The second-order valence-corrected chi connectivity index (χ2v) is 5.39. The number of hydrogen-bond donors (Lipinski definition) is 0. The zero-order valence-corrected chi connectivity index (χ0v) is 12.1.